The molecular weight excluding hydrogens is 284 g/mol. The van der Waals surface area contributed by atoms with Gasteiger partial charge in [0.25, 0.3) is 0 Å². The maximum absolute atomic E-state index is 5.46. The van der Waals surface area contributed by atoms with Crippen molar-refractivity contribution in [2.45, 2.75) is 99.3 Å². The Kier molecular flexibility index (Phi) is 14.2. The van der Waals surface area contributed by atoms with E-state index >= 15 is 0 Å². The van der Waals surface area contributed by atoms with Gasteiger partial charge in [-0.3, -0.25) is 0 Å². The molecule has 0 amide bonds. The van der Waals surface area contributed by atoms with Crippen LogP contribution in [0.15, 0.2) is 0 Å². The largest absolute Gasteiger partial charge is 0.355 e. The Hall–Kier alpha value is -0.0800. The molecule has 0 aromatic rings. The molecule has 0 aromatic carbocycles. The van der Waals surface area contributed by atoms with Crippen LogP contribution in [-0.4, -0.2) is 20.0 Å². The van der Waals surface area contributed by atoms with Gasteiger partial charge in [-0.1, -0.05) is 86.5 Å². The number of unbranched alkanes of at least 4 members (excludes halogenated alkanes) is 6. The second-order valence-electron chi connectivity index (χ2n) is 8.28. The van der Waals surface area contributed by atoms with Gasteiger partial charge < -0.3 is 9.47 Å². The van der Waals surface area contributed by atoms with Gasteiger partial charge in [-0.05, 0) is 24.7 Å². The molecule has 0 N–H and O–H groups in total. The topological polar surface area (TPSA) is 18.5 Å². The average Bonchev–Trinajstić information content (AvgIpc) is 2.47. The molecule has 23 heavy (non-hydrogen) atoms. The van der Waals surface area contributed by atoms with E-state index in [1.807, 2.05) is 0 Å². The van der Waals surface area contributed by atoms with Crippen LogP contribution in [0.3, 0.4) is 0 Å². The molecule has 0 atom stereocenters. The van der Waals surface area contributed by atoms with E-state index in [0.717, 1.165) is 25.0 Å². The van der Waals surface area contributed by atoms with E-state index in [-0.39, 0.29) is 5.41 Å². The summed E-state index contributed by atoms with van der Waals surface area (Å²) in [7, 11) is 0. The summed E-state index contributed by atoms with van der Waals surface area (Å²) in [6, 6.07) is 0. The number of ether oxygens (including phenoxy) is 2. The van der Waals surface area contributed by atoms with Crippen LogP contribution in [0.25, 0.3) is 0 Å². The van der Waals surface area contributed by atoms with Crippen molar-refractivity contribution in [3.63, 3.8) is 0 Å². The van der Waals surface area contributed by atoms with Gasteiger partial charge in [-0.25, -0.2) is 0 Å². The van der Waals surface area contributed by atoms with Crippen molar-refractivity contribution in [2.24, 2.45) is 17.3 Å². The monoisotopic (exact) mass is 328 g/mol. The van der Waals surface area contributed by atoms with Gasteiger partial charge in [0, 0.05) is 5.41 Å². The second-order valence-corrected chi connectivity index (χ2v) is 8.28. The Morgan fingerprint density at radius 1 is 0.696 bits per heavy atom. The molecule has 140 valence electrons. The molecule has 2 nitrogen and oxygen atoms in total. The van der Waals surface area contributed by atoms with Crippen LogP contribution >= 0.6 is 0 Å². The van der Waals surface area contributed by atoms with E-state index in [0.29, 0.717) is 6.79 Å². The van der Waals surface area contributed by atoms with Crippen LogP contribution < -0.4 is 0 Å². The smallest absolute Gasteiger partial charge is 0.146 e. The van der Waals surface area contributed by atoms with Crippen LogP contribution in [0.5, 0.6) is 0 Å². The predicted molar refractivity (Wildman–Crippen MR) is 102 cm³/mol. The van der Waals surface area contributed by atoms with Crippen LogP contribution in [0.2, 0.25) is 0 Å². The van der Waals surface area contributed by atoms with Crippen molar-refractivity contribution in [1.82, 2.24) is 0 Å². The SMILES string of the molecule is CC(C)CC1(CC(C)C)COCOC1.CCCCCCCCC. The minimum Gasteiger partial charge on any atom is -0.355 e. The Labute approximate surface area is 146 Å². The molecule has 1 aliphatic rings. The van der Waals surface area contributed by atoms with Gasteiger partial charge in [-0.15, -0.1) is 0 Å². The Morgan fingerprint density at radius 2 is 1.09 bits per heavy atom. The summed E-state index contributed by atoms with van der Waals surface area (Å²) < 4.78 is 10.9. The fourth-order valence-electron chi connectivity index (χ4n) is 3.70. The van der Waals surface area contributed by atoms with Crippen molar-refractivity contribution in [3.8, 4) is 0 Å². The van der Waals surface area contributed by atoms with Gasteiger partial charge in [0.05, 0.1) is 13.2 Å². The molecule has 1 heterocycles. The number of rotatable bonds is 10. The summed E-state index contributed by atoms with van der Waals surface area (Å²) in [5.74, 6) is 1.44. The first-order chi connectivity index (χ1) is 11.0. The van der Waals surface area contributed by atoms with E-state index in [9.17, 15) is 0 Å². The normalized spacial score (nSPS) is 17.2. The number of hydrogen-bond acceptors (Lipinski definition) is 2. The lowest BCUT2D eigenvalue weighted by Crippen LogP contribution is -2.39. The quantitative estimate of drug-likeness (QED) is 0.409. The van der Waals surface area contributed by atoms with Gasteiger partial charge in [0.2, 0.25) is 0 Å². The fraction of sp³-hybridized carbons (Fsp3) is 1.00. The second kappa shape index (κ2) is 14.3. The Bertz CT molecular complexity index is 224. The van der Waals surface area contributed by atoms with Gasteiger partial charge in [-0.2, -0.15) is 0 Å². The fourth-order valence-corrected chi connectivity index (χ4v) is 3.70. The van der Waals surface area contributed by atoms with E-state index in [2.05, 4.69) is 41.5 Å². The Morgan fingerprint density at radius 3 is 1.43 bits per heavy atom. The zero-order chi connectivity index (χ0) is 17.6. The highest BCUT2D eigenvalue weighted by atomic mass is 16.7. The summed E-state index contributed by atoms with van der Waals surface area (Å²) in [6.45, 7) is 15.9. The first-order valence-corrected chi connectivity index (χ1v) is 10.1. The average molecular weight is 329 g/mol. The zero-order valence-electron chi connectivity index (χ0n) is 17.0. The number of hydrogen-bond donors (Lipinski definition) is 0. The lowest BCUT2D eigenvalue weighted by molar-refractivity contribution is -0.174. The summed E-state index contributed by atoms with van der Waals surface area (Å²) in [6.07, 6.45) is 12.4. The highest BCUT2D eigenvalue weighted by molar-refractivity contribution is 4.82. The third kappa shape index (κ3) is 12.9. The molecule has 0 bridgehead atoms. The summed E-state index contributed by atoms with van der Waals surface area (Å²) in [5.41, 5.74) is 0.278. The molecule has 1 aliphatic heterocycles. The molecule has 0 unspecified atom stereocenters. The minimum atomic E-state index is 0.278. The van der Waals surface area contributed by atoms with Gasteiger partial charge >= 0.3 is 0 Å². The molecule has 0 spiro atoms. The van der Waals surface area contributed by atoms with Gasteiger partial charge in [0.15, 0.2) is 0 Å². The van der Waals surface area contributed by atoms with Crippen LogP contribution in [-0.2, 0) is 9.47 Å². The highest BCUT2D eigenvalue weighted by Crippen LogP contribution is 2.36. The van der Waals surface area contributed by atoms with E-state index in [1.165, 1.54) is 57.8 Å². The lowest BCUT2D eigenvalue weighted by Gasteiger charge is -2.39. The summed E-state index contributed by atoms with van der Waals surface area (Å²) >= 11 is 0. The van der Waals surface area contributed by atoms with E-state index in [4.69, 9.17) is 9.47 Å². The summed E-state index contributed by atoms with van der Waals surface area (Å²) in [4.78, 5) is 0. The van der Waals surface area contributed by atoms with Crippen molar-refractivity contribution in [3.05, 3.63) is 0 Å². The first-order valence-electron chi connectivity index (χ1n) is 10.1. The zero-order valence-corrected chi connectivity index (χ0v) is 17.0. The molecule has 0 aliphatic carbocycles. The van der Waals surface area contributed by atoms with Crippen molar-refractivity contribution in [2.75, 3.05) is 20.0 Å². The molecule has 1 rings (SSSR count). The minimum absolute atomic E-state index is 0.278. The standard InChI is InChI=1S/C12H24O2.C9H20/c1-10(2)5-12(6-11(3)4)7-13-9-14-8-12;1-3-5-7-9-8-6-4-2/h10-11H,5-9H2,1-4H3;3-9H2,1-2H3. The van der Waals surface area contributed by atoms with Gasteiger partial charge in [0.1, 0.15) is 6.79 Å². The predicted octanol–water partition coefficient (Wildman–Crippen LogP) is 6.83. The van der Waals surface area contributed by atoms with E-state index < -0.39 is 0 Å². The first kappa shape index (κ1) is 22.9. The Balaban J connectivity index is 0.000000468. The van der Waals surface area contributed by atoms with Crippen LogP contribution in [0.4, 0.5) is 0 Å². The lowest BCUT2D eigenvalue weighted by atomic mass is 9.75. The molecule has 1 saturated heterocycles. The third-order valence-electron chi connectivity index (χ3n) is 4.37. The molecular formula is C21H44O2. The maximum atomic E-state index is 5.46. The third-order valence-corrected chi connectivity index (χ3v) is 4.37. The summed E-state index contributed by atoms with van der Waals surface area (Å²) in [5, 5.41) is 0. The van der Waals surface area contributed by atoms with Crippen molar-refractivity contribution in [1.29, 1.82) is 0 Å². The van der Waals surface area contributed by atoms with E-state index in [1.54, 1.807) is 0 Å². The molecule has 0 radical (unpaired) electrons. The molecule has 0 aromatic heterocycles. The highest BCUT2D eigenvalue weighted by Gasteiger charge is 2.34. The molecule has 2 heteroatoms. The maximum Gasteiger partial charge on any atom is 0.146 e. The van der Waals surface area contributed by atoms with Crippen molar-refractivity contribution >= 4 is 0 Å². The molecule has 0 saturated carbocycles. The van der Waals surface area contributed by atoms with Crippen LogP contribution in [0, 0.1) is 17.3 Å². The molecule has 1 fully saturated rings. The van der Waals surface area contributed by atoms with Crippen molar-refractivity contribution < 1.29 is 9.47 Å². The van der Waals surface area contributed by atoms with Crippen LogP contribution in [0.1, 0.15) is 99.3 Å².